The second-order valence-corrected chi connectivity index (χ2v) is 6.49. The molecule has 0 radical (unpaired) electrons. The average Bonchev–Trinajstić information content (AvgIpc) is 2.50. The van der Waals surface area contributed by atoms with Gasteiger partial charge in [-0.3, -0.25) is 0 Å². The Morgan fingerprint density at radius 1 is 1.44 bits per heavy atom. The zero-order valence-electron chi connectivity index (χ0n) is 8.77. The van der Waals surface area contributed by atoms with Crippen molar-refractivity contribution in [1.29, 1.82) is 0 Å². The third-order valence-electron chi connectivity index (χ3n) is 3.29. The summed E-state index contributed by atoms with van der Waals surface area (Å²) in [7, 11) is 0. The maximum absolute atomic E-state index is 9.51. The molecule has 3 heteroatoms. The van der Waals surface area contributed by atoms with Gasteiger partial charge in [-0.1, -0.05) is 47.1 Å². The standard InChI is InChI=1S/C13H11BrOS/c1-13-5-4-8(14)6-12(13)16-11-7-9(15)2-3-10(11)13/h2-7,12,15H,1H3. The molecule has 1 aromatic rings. The Labute approximate surface area is 107 Å². The van der Waals surface area contributed by atoms with Crippen molar-refractivity contribution in [1.82, 2.24) is 0 Å². The number of aromatic hydroxyl groups is 1. The molecule has 2 aliphatic rings. The first-order chi connectivity index (χ1) is 7.59. The number of fused-ring (bicyclic) bond motifs is 3. The number of phenols is 1. The lowest BCUT2D eigenvalue weighted by molar-refractivity contribution is 0.472. The molecule has 1 aliphatic heterocycles. The van der Waals surface area contributed by atoms with E-state index in [2.05, 4.69) is 41.1 Å². The second-order valence-electron chi connectivity index (χ2n) is 4.39. The van der Waals surface area contributed by atoms with Crippen molar-refractivity contribution >= 4 is 27.7 Å². The van der Waals surface area contributed by atoms with Gasteiger partial charge in [0.1, 0.15) is 5.75 Å². The summed E-state index contributed by atoms with van der Waals surface area (Å²) in [4.78, 5) is 1.19. The first-order valence-electron chi connectivity index (χ1n) is 5.16. The lowest BCUT2D eigenvalue weighted by Crippen LogP contribution is -2.28. The average molecular weight is 295 g/mol. The molecule has 2 atom stereocenters. The number of phenolic OH excluding ortho intramolecular Hbond substituents is 1. The van der Waals surface area contributed by atoms with E-state index in [-0.39, 0.29) is 5.41 Å². The molecule has 1 heterocycles. The number of allylic oxidation sites excluding steroid dienone is 3. The number of hydrogen-bond acceptors (Lipinski definition) is 2. The van der Waals surface area contributed by atoms with Gasteiger partial charge in [0.05, 0.1) is 0 Å². The van der Waals surface area contributed by atoms with Crippen molar-refractivity contribution in [2.24, 2.45) is 0 Å². The van der Waals surface area contributed by atoms with E-state index in [1.165, 1.54) is 10.5 Å². The molecule has 0 saturated carbocycles. The summed E-state index contributed by atoms with van der Waals surface area (Å²) in [5.41, 5.74) is 1.37. The van der Waals surface area contributed by atoms with Crippen LogP contribution in [0.15, 0.2) is 45.8 Å². The lowest BCUT2D eigenvalue weighted by Gasteiger charge is -2.29. The van der Waals surface area contributed by atoms with E-state index in [4.69, 9.17) is 0 Å². The van der Waals surface area contributed by atoms with E-state index in [1.54, 1.807) is 6.07 Å². The fourth-order valence-electron chi connectivity index (χ4n) is 2.31. The molecule has 82 valence electrons. The molecule has 1 aliphatic carbocycles. The number of hydrogen-bond donors (Lipinski definition) is 1. The Morgan fingerprint density at radius 2 is 2.25 bits per heavy atom. The predicted molar refractivity (Wildman–Crippen MR) is 71.3 cm³/mol. The van der Waals surface area contributed by atoms with Crippen LogP contribution in [0.2, 0.25) is 0 Å². The third kappa shape index (κ3) is 1.38. The van der Waals surface area contributed by atoms with Crippen molar-refractivity contribution in [3.05, 3.63) is 46.5 Å². The van der Waals surface area contributed by atoms with E-state index < -0.39 is 0 Å². The fraction of sp³-hybridized carbons (Fsp3) is 0.231. The van der Waals surface area contributed by atoms with Crippen LogP contribution >= 0.6 is 27.7 Å². The molecule has 1 aromatic carbocycles. The van der Waals surface area contributed by atoms with Crippen LogP contribution < -0.4 is 0 Å². The van der Waals surface area contributed by atoms with Crippen LogP contribution in [0.4, 0.5) is 0 Å². The molecule has 3 rings (SSSR count). The highest BCUT2D eigenvalue weighted by Crippen LogP contribution is 2.53. The molecule has 1 nitrogen and oxygen atoms in total. The van der Waals surface area contributed by atoms with E-state index in [0.717, 1.165) is 4.48 Å². The minimum atomic E-state index is 0.0605. The molecule has 0 spiro atoms. The van der Waals surface area contributed by atoms with Crippen LogP contribution in [-0.4, -0.2) is 10.4 Å². The summed E-state index contributed by atoms with van der Waals surface area (Å²) in [6, 6.07) is 5.67. The van der Waals surface area contributed by atoms with E-state index in [0.29, 0.717) is 11.0 Å². The van der Waals surface area contributed by atoms with Crippen molar-refractivity contribution < 1.29 is 5.11 Å². The smallest absolute Gasteiger partial charge is 0.116 e. The van der Waals surface area contributed by atoms with Gasteiger partial charge in [0.15, 0.2) is 0 Å². The summed E-state index contributed by atoms with van der Waals surface area (Å²) in [6.07, 6.45) is 6.60. The Kier molecular flexibility index (Phi) is 2.23. The first kappa shape index (κ1) is 10.5. The van der Waals surface area contributed by atoms with E-state index in [9.17, 15) is 5.11 Å². The fourth-order valence-corrected chi connectivity index (χ4v) is 4.42. The Bertz CT molecular complexity index is 521. The zero-order chi connectivity index (χ0) is 11.3. The molecule has 0 bridgehead atoms. The zero-order valence-corrected chi connectivity index (χ0v) is 11.2. The highest BCUT2D eigenvalue weighted by molar-refractivity contribution is 9.11. The highest BCUT2D eigenvalue weighted by atomic mass is 79.9. The summed E-state index contributed by atoms with van der Waals surface area (Å²) >= 11 is 5.34. The molecule has 0 aromatic heterocycles. The molecular weight excluding hydrogens is 284 g/mol. The molecule has 0 fully saturated rings. The summed E-state index contributed by atoms with van der Waals surface area (Å²) < 4.78 is 1.14. The van der Waals surface area contributed by atoms with Crippen molar-refractivity contribution in [3.63, 3.8) is 0 Å². The SMILES string of the molecule is CC12C=CC(Br)=CC1Sc1cc(O)ccc12. The van der Waals surface area contributed by atoms with Crippen LogP contribution in [-0.2, 0) is 5.41 Å². The maximum Gasteiger partial charge on any atom is 0.116 e. The first-order valence-corrected chi connectivity index (χ1v) is 6.83. The van der Waals surface area contributed by atoms with Crippen LogP contribution in [0.5, 0.6) is 5.75 Å². The topological polar surface area (TPSA) is 20.2 Å². The van der Waals surface area contributed by atoms with Gasteiger partial charge in [0.25, 0.3) is 0 Å². The van der Waals surface area contributed by atoms with Crippen LogP contribution in [0, 0.1) is 0 Å². The largest absolute Gasteiger partial charge is 0.508 e. The van der Waals surface area contributed by atoms with E-state index in [1.807, 2.05) is 23.9 Å². The van der Waals surface area contributed by atoms with Gasteiger partial charge in [-0.15, -0.1) is 11.8 Å². The highest BCUT2D eigenvalue weighted by Gasteiger charge is 2.42. The van der Waals surface area contributed by atoms with Gasteiger partial charge in [-0.05, 0) is 17.7 Å². The van der Waals surface area contributed by atoms with Gasteiger partial charge >= 0.3 is 0 Å². The van der Waals surface area contributed by atoms with Crippen molar-refractivity contribution in [2.45, 2.75) is 22.5 Å². The molecule has 2 unspecified atom stereocenters. The normalized spacial score (nSPS) is 30.9. The molecule has 0 saturated heterocycles. The quantitative estimate of drug-likeness (QED) is 0.781. The second kappa shape index (κ2) is 3.41. The number of halogens is 1. The van der Waals surface area contributed by atoms with Crippen LogP contribution in [0.1, 0.15) is 12.5 Å². The Hall–Kier alpha value is -0.670. The van der Waals surface area contributed by atoms with Gasteiger partial charge in [0.2, 0.25) is 0 Å². The van der Waals surface area contributed by atoms with Crippen LogP contribution in [0.25, 0.3) is 0 Å². The monoisotopic (exact) mass is 294 g/mol. The molecule has 1 N–H and O–H groups in total. The summed E-state index contributed by atoms with van der Waals surface area (Å²) in [6.45, 7) is 2.25. The Morgan fingerprint density at radius 3 is 3.06 bits per heavy atom. The molecular formula is C13H11BrOS. The molecule has 0 amide bonds. The minimum Gasteiger partial charge on any atom is -0.508 e. The molecule has 16 heavy (non-hydrogen) atoms. The Balaban J connectivity index is 2.16. The summed E-state index contributed by atoms with van der Waals surface area (Å²) in [5.74, 6) is 0.348. The number of thioether (sulfide) groups is 1. The predicted octanol–water partition coefficient (Wildman–Crippen LogP) is 3.97. The number of benzene rings is 1. The van der Waals surface area contributed by atoms with Gasteiger partial charge < -0.3 is 5.11 Å². The van der Waals surface area contributed by atoms with Crippen molar-refractivity contribution in [2.75, 3.05) is 0 Å². The third-order valence-corrected chi connectivity index (χ3v) is 5.29. The van der Waals surface area contributed by atoms with Crippen molar-refractivity contribution in [3.8, 4) is 5.75 Å². The number of rotatable bonds is 0. The van der Waals surface area contributed by atoms with Gasteiger partial charge in [-0.2, -0.15) is 0 Å². The van der Waals surface area contributed by atoms with E-state index >= 15 is 0 Å². The van der Waals surface area contributed by atoms with Gasteiger partial charge in [0, 0.05) is 20.0 Å². The lowest BCUT2D eigenvalue weighted by atomic mass is 9.77. The minimum absolute atomic E-state index is 0.0605. The van der Waals surface area contributed by atoms with Crippen LogP contribution in [0.3, 0.4) is 0 Å². The maximum atomic E-state index is 9.51. The van der Waals surface area contributed by atoms with Gasteiger partial charge in [-0.25, -0.2) is 0 Å². The summed E-state index contributed by atoms with van der Waals surface area (Å²) in [5, 5.41) is 9.93.